The summed E-state index contributed by atoms with van der Waals surface area (Å²) in [7, 11) is 0. The van der Waals surface area contributed by atoms with Crippen LogP contribution in [-0.4, -0.2) is 18.4 Å². The number of hydrogen-bond acceptors (Lipinski definition) is 3. The summed E-state index contributed by atoms with van der Waals surface area (Å²) in [5.41, 5.74) is 5.52. The van der Waals surface area contributed by atoms with Gasteiger partial charge in [0.1, 0.15) is 0 Å². The summed E-state index contributed by atoms with van der Waals surface area (Å²) in [5, 5.41) is 2.46. The van der Waals surface area contributed by atoms with Crippen LogP contribution in [0.4, 0.5) is 0 Å². The second-order valence-electron chi connectivity index (χ2n) is 5.13. The zero-order chi connectivity index (χ0) is 11.6. The topological polar surface area (TPSA) is 72.2 Å². The van der Waals surface area contributed by atoms with E-state index >= 15 is 0 Å². The first kappa shape index (κ1) is 11.6. The number of imide groups is 1. The third-order valence-corrected chi connectivity index (χ3v) is 3.99. The van der Waals surface area contributed by atoms with E-state index in [-0.39, 0.29) is 29.6 Å². The first-order valence-corrected chi connectivity index (χ1v) is 6.22. The van der Waals surface area contributed by atoms with Crippen LogP contribution in [0.1, 0.15) is 44.9 Å². The van der Waals surface area contributed by atoms with Gasteiger partial charge in [0.2, 0.25) is 11.8 Å². The van der Waals surface area contributed by atoms with Crippen molar-refractivity contribution in [2.75, 3.05) is 6.54 Å². The number of nitrogens with two attached hydrogens (primary N) is 1. The van der Waals surface area contributed by atoms with Crippen molar-refractivity contribution in [3.05, 3.63) is 0 Å². The van der Waals surface area contributed by atoms with Gasteiger partial charge in [-0.15, -0.1) is 0 Å². The number of rotatable bonds is 3. The zero-order valence-electron chi connectivity index (χ0n) is 9.63. The molecule has 4 heteroatoms. The van der Waals surface area contributed by atoms with Gasteiger partial charge in [0, 0.05) is 18.9 Å². The average Bonchev–Trinajstić information content (AvgIpc) is 2.93. The molecule has 1 spiro atoms. The Morgan fingerprint density at radius 1 is 1.25 bits per heavy atom. The van der Waals surface area contributed by atoms with Crippen molar-refractivity contribution >= 4 is 11.8 Å². The Labute approximate surface area is 96.0 Å². The molecule has 3 N–H and O–H groups in total. The highest BCUT2D eigenvalue weighted by atomic mass is 16.2. The molecule has 2 aliphatic carbocycles. The monoisotopic (exact) mass is 224 g/mol. The van der Waals surface area contributed by atoms with E-state index in [0.717, 1.165) is 19.3 Å². The van der Waals surface area contributed by atoms with E-state index in [1.807, 2.05) is 0 Å². The highest BCUT2D eigenvalue weighted by Gasteiger charge is 2.57. The largest absolute Gasteiger partial charge is 0.330 e. The lowest BCUT2D eigenvalue weighted by molar-refractivity contribution is -0.131. The predicted octanol–water partition coefficient (Wildman–Crippen LogP) is 0.948. The molecule has 2 amide bonds. The maximum absolute atomic E-state index is 11.8. The molecular weight excluding hydrogens is 204 g/mol. The maximum atomic E-state index is 11.8. The van der Waals surface area contributed by atoms with Crippen LogP contribution in [0, 0.1) is 11.3 Å². The molecule has 0 bridgehead atoms. The Hall–Kier alpha value is -0.900. The van der Waals surface area contributed by atoms with Crippen LogP contribution in [0.3, 0.4) is 0 Å². The number of nitrogens with one attached hydrogen (secondary N) is 1. The highest BCUT2D eigenvalue weighted by Crippen LogP contribution is 2.61. The molecule has 1 atom stereocenters. The molecular formula is C12H20N2O2. The average molecular weight is 224 g/mol. The van der Waals surface area contributed by atoms with E-state index in [9.17, 15) is 9.59 Å². The second kappa shape index (κ2) is 4.53. The summed E-state index contributed by atoms with van der Waals surface area (Å²) >= 11 is 0. The van der Waals surface area contributed by atoms with Crippen LogP contribution < -0.4 is 11.1 Å². The Morgan fingerprint density at radius 2 is 1.94 bits per heavy atom. The van der Waals surface area contributed by atoms with Gasteiger partial charge < -0.3 is 5.73 Å². The fraction of sp³-hybridized carbons (Fsp3) is 0.833. The Bertz CT molecular complexity index is 295. The summed E-state index contributed by atoms with van der Waals surface area (Å²) in [6, 6.07) is 0. The molecule has 0 saturated heterocycles. The number of carbonyl (C=O) groups is 2. The van der Waals surface area contributed by atoms with E-state index in [0.29, 0.717) is 6.54 Å². The second-order valence-corrected chi connectivity index (χ2v) is 5.13. The van der Waals surface area contributed by atoms with Crippen molar-refractivity contribution in [3.63, 3.8) is 0 Å². The minimum absolute atomic E-state index is 0.0691. The zero-order valence-corrected chi connectivity index (χ0v) is 9.63. The van der Waals surface area contributed by atoms with Gasteiger partial charge in [0.15, 0.2) is 0 Å². The predicted molar refractivity (Wildman–Crippen MR) is 60.4 cm³/mol. The molecule has 0 heterocycles. The van der Waals surface area contributed by atoms with Crippen molar-refractivity contribution in [3.8, 4) is 0 Å². The van der Waals surface area contributed by atoms with Gasteiger partial charge in [-0.2, -0.15) is 0 Å². The molecule has 90 valence electrons. The molecule has 16 heavy (non-hydrogen) atoms. The quantitative estimate of drug-likeness (QED) is 0.749. The summed E-state index contributed by atoms with van der Waals surface area (Å²) in [6.45, 7) is 0.301. The summed E-state index contributed by atoms with van der Waals surface area (Å²) in [6.07, 6.45) is 7.32. The van der Waals surface area contributed by atoms with Gasteiger partial charge in [-0.05, 0) is 24.7 Å². The summed E-state index contributed by atoms with van der Waals surface area (Å²) in [4.78, 5) is 23.0. The summed E-state index contributed by atoms with van der Waals surface area (Å²) in [5.74, 6) is -0.208. The van der Waals surface area contributed by atoms with Gasteiger partial charge in [0.25, 0.3) is 0 Å². The van der Waals surface area contributed by atoms with Gasteiger partial charge in [0.05, 0.1) is 0 Å². The minimum Gasteiger partial charge on any atom is -0.330 e. The fourth-order valence-corrected chi connectivity index (χ4v) is 2.94. The Kier molecular flexibility index (Phi) is 3.28. The first-order chi connectivity index (χ1) is 7.68. The SMILES string of the molecule is NCCC(=O)NC(=O)C1CC12CCCCC2. The number of amides is 2. The molecule has 4 nitrogen and oxygen atoms in total. The van der Waals surface area contributed by atoms with Crippen LogP contribution in [0.5, 0.6) is 0 Å². The standard InChI is InChI=1S/C12H20N2O2/c13-7-4-10(15)14-11(16)9-8-12(9)5-2-1-3-6-12/h9H,1-8,13H2,(H,14,15,16). The van der Waals surface area contributed by atoms with Gasteiger partial charge in [-0.1, -0.05) is 19.3 Å². The molecule has 2 rings (SSSR count). The van der Waals surface area contributed by atoms with Crippen LogP contribution in [0.25, 0.3) is 0 Å². The van der Waals surface area contributed by atoms with Crippen molar-refractivity contribution in [1.82, 2.24) is 5.32 Å². The molecule has 0 aromatic heterocycles. The van der Waals surface area contributed by atoms with E-state index in [1.54, 1.807) is 0 Å². The lowest BCUT2D eigenvalue weighted by atomic mass is 9.84. The van der Waals surface area contributed by atoms with Crippen LogP contribution in [-0.2, 0) is 9.59 Å². The van der Waals surface area contributed by atoms with Gasteiger partial charge in [-0.3, -0.25) is 14.9 Å². The van der Waals surface area contributed by atoms with Crippen LogP contribution in [0.15, 0.2) is 0 Å². The fourth-order valence-electron chi connectivity index (χ4n) is 2.94. The Balaban J connectivity index is 1.81. The normalized spacial score (nSPS) is 26.4. The van der Waals surface area contributed by atoms with Gasteiger partial charge >= 0.3 is 0 Å². The smallest absolute Gasteiger partial charge is 0.230 e. The summed E-state index contributed by atoms with van der Waals surface area (Å²) < 4.78 is 0. The van der Waals surface area contributed by atoms with Gasteiger partial charge in [-0.25, -0.2) is 0 Å². The first-order valence-electron chi connectivity index (χ1n) is 6.22. The Morgan fingerprint density at radius 3 is 2.56 bits per heavy atom. The van der Waals surface area contributed by atoms with Crippen molar-refractivity contribution in [2.45, 2.75) is 44.9 Å². The van der Waals surface area contributed by atoms with E-state index in [2.05, 4.69) is 5.32 Å². The minimum atomic E-state index is -0.231. The van der Waals surface area contributed by atoms with E-state index < -0.39 is 0 Å². The molecule has 0 radical (unpaired) electrons. The van der Waals surface area contributed by atoms with Crippen molar-refractivity contribution in [1.29, 1.82) is 0 Å². The number of hydrogen-bond donors (Lipinski definition) is 2. The third kappa shape index (κ3) is 2.26. The lowest BCUT2D eigenvalue weighted by Crippen LogP contribution is -2.34. The molecule has 0 aromatic rings. The molecule has 2 aliphatic rings. The van der Waals surface area contributed by atoms with Crippen molar-refractivity contribution < 1.29 is 9.59 Å². The van der Waals surface area contributed by atoms with Crippen LogP contribution in [0.2, 0.25) is 0 Å². The molecule has 0 aliphatic heterocycles. The van der Waals surface area contributed by atoms with Crippen molar-refractivity contribution in [2.24, 2.45) is 17.1 Å². The lowest BCUT2D eigenvalue weighted by Gasteiger charge is -2.21. The van der Waals surface area contributed by atoms with E-state index in [4.69, 9.17) is 5.73 Å². The molecule has 0 aromatic carbocycles. The molecule has 2 saturated carbocycles. The number of carbonyl (C=O) groups excluding carboxylic acids is 2. The molecule has 2 fully saturated rings. The highest BCUT2D eigenvalue weighted by molar-refractivity contribution is 5.97. The third-order valence-electron chi connectivity index (χ3n) is 3.99. The van der Waals surface area contributed by atoms with Crippen LogP contribution >= 0.6 is 0 Å². The molecule has 1 unspecified atom stereocenters. The maximum Gasteiger partial charge on any atom is 0.230 e. The van der Waals surface area contributed by atoms with E-state index in [1.165, 1.54) is 19.3 Å².